The average molecular weight is 326 g/mol. The summed E-state index contributed by atoms with van der Waals surface area (Å²) in [5.41, 5.74) is 2.98. The second-order valence-corrected chi connectivity index (χ2v) is 5.70. The fourth-order valence-electron chi connectivity index (χ4n) is 1.98. The summed E-state index contributed by atoms with van der Waals surface area (Å²) in [6, 6.07) is 5.03. The maximum atomic E-state index is 13.4. The highest BCUT2D eigenvalue weighted by molar-refractivity contribution is 9.10. The van der Waals surface area contributed by atoms with Crippen LogP contribution in [0.15, 0.2) is 28.9 Å². The molecule has 0 radical (unpaired) electrons. The van der Waals surface area contributed by atoms with Gasteiger partial charge in [-0.05, 0) is 40.0 Å². The van der Waals surface area contributed by atoms with E-state index in [-0.39, 0.29) is 5.82 Å². The van der Waals surface area contributed by atoms with Gasteiger partial charge in [0.15, 0.2) is 0 Å². The molecule has 19 heavy (non-hydrogen) atoms. The Morgan fingerprint density at radius 2 is 2.16 bits per heavy atom. The van der Waals surface area contributed by atoms with Crippen molar-refractivity contribution < 1.29 is 4.39 Å². The number of aromatic nitrogens is 2. The van der Waals surface area contributed by atoms with Crippen molar-refractivity contribution in [1.29, 1.82) is 0 Å². The van der Waals surface area contributed by atoms with Crippen LogP contribution in [0.1, 0.15) is 31.0 Å². The zero-order valence-electron chi connectivity index (χ0n) is 11.2. The topological polar surface area (TPSA) is 29.9 Å². The van der Waals surface area contributed by atoms with Gasteiger partial charge in [-0.15, -0.1) is 0 Å². The van der Waals surface area contributed by atoms with Gasteiger partial charge in [-0.25, -0.2) is 4.39 Å². The van der Waals surface area contributed by atoms with Crippen molar-refractivity contribution in [3.8, 4) is 0 Å². The van der Waals surface area contributed by atoms with Crippen molar-refractivity contribution in [2.24, 2.45) is 7.05 Å². The van der Waals surface area contributed by atoms with Crippen LogP contribution in [0, 0.1) is 5.82 Å². The highest BCUT2D eigenvalue weighted by Crippen LogP contribution is 2.21. The van der Waals surface area contributed by atoms with Crippen LogP contribution in [0.3, 0.4) is 0 Å². The normalized spacial score (nSPS) is 11.1. The van der Waals surface area contributed by atoms with Crippen LogP contribution < -0.4 is 5.32 Å². The van der Waals surface area contributed by atoms with Crippen molar-refractivity contribution in [3.05, 3.63) is 45.9 Å². The second-order valence-electron chi connectivity index (χ2n) is 4.85. The Morgan fingerprint density at radius 3 is 2.79 bits per heavy atom. The van der Waals surface area contributed by atoms with Gasteiger partial charge in [0, 0.05) is 31.0 Å². The number of hydrogen-bond donors (Lipinski definition) is 1. The zero-order chi connectivity index (χ0) is 14.0. The van der Waals surface area contributed by atoms with Gasteiger partial charge in [-0.3, -0.25) is 4.68 Å². The molecule has 0 aliphatic carbocycles. The Morgan fingerprint density at radius 1 is 1.42 bits per heavy atom. The van der Waals surface area contributed by atoms with Gasteiger partial charge < -0.3 is 5.32 Å². The van der Waals surface area contributed by atoms with Crippen LogP contribution in [0.2, 0.25) is 0 Å². The van der Waals surface area contributed by atoms with Crippen molar-refractivity contribution in [2.45, 2.75) is 26.3 Å². The summed E-state index contributed by atoms with van der Waals surface area (Å²) in [7, 11) is 1.91. The number of halogens is 2. The highest BCUT2D eigenvalue weighted by Gasteiger charge is 2.11. The minimum Gasteiger partial charge on any atom is -0.381 e. The lowest BCUT2D eigenvalue weighted by molar-refractivity contribution is 0.621. The van der Waals surface area contributed by atoms with Crippen LogP contribution >= 0.6 is 15.9 Å². The molecule has 0 aliphatic heterocycles. The fourth-order valence-corrected chi connectivity index (χ4v) is 2.23. The molecule has 1 aromatic heterocycles. The molecule has 2 aromatic rings. The number of nitrogens with zero attached hydrogens (tertiary/aromatic N) is 2. The minimum absolute atomic E-state index is 0.264. The van der Waals surface area contributed by atoms with Crippen LogP contribution in [0.25, 0.3) is 0 Å². The maximum Gasteiger partial charge on any atom is 0.139 e. The fraction of sp³-hybridized carbons (Fsp3) is 0.357. The molecule has 0 saturated heterocycles. The lowest BCUT2D eigenvalue weighted by Crippen LogP contribution is -2.02. The van der Waals surface area contributed by atoms with Crippen LogP contribution in [0.4, 0.5) is 10.1 Å². The third kappa shape index (κ3) is 3.35. The number of benzene rings is 1. The van der Waals surface area contributed by atoms with E-state index in [2.05, 4.69) is 40.2 Å². The van der Waals surface area contributed by atoms with Gasteiger partial charge in [-0.2, -0.15) is 5.10 Å². The molecule has 0 unspecified atom stereocenters. The molecule has 0 fully saturated rings. The number of hydrogen-bond acceptors (Lipinski definition) is 2. The first-order valence-corrected chi connectivity index (χ1v) is 6.98. The van der Waals surface area contributed by atoms with Crippen LogP contribution in [-0.4, -0.2) is 9.78 Å². The van der Waals surface area contributed by atoms with Crippen molar-refractivity contribution in [3.63, 3.8) is 0 Å². The van der Waals surface area contributed by atoms with E-state index in [4.69, 9.17) is 0 Å². The largest absolute Gasteiger partial charge is 0.381 e. The lowest BCUT2D eigenvalue weighted by atomic mass is 10.1. The molecule has 3 nitrogen and oxygen atoms in total. The first kappa shape index (κ1) is 14.1. The number of nitrogens with one attached hydrogen (secondary N) is 1. The summed E-state index contributed by atoms with van der Waals surface area (Å²) in [6.07, 6.45) is 2.00. The lowest BCUT2D eigenvalue weighted by Gasteiger charge is -2.08. The Hall–Kier alpha value is -1.36. The summed E-state index contributed by atoms with van der Waals surface area (Å²) in [5, 5.41) is 7.67. The molecular formula is C14H17BrFN3. The van der Waals surface area contributed by atoms with Crippen molar-refractivity contribution >= 4 is 21.6 Å². The summed E-state index contributed by atoms with van der Waals surface area (Å²) in [4.78, 5) is 0. The summed E-state index contributed by atoms with van der Waals surface area (Å²) in [5.74, 6) is 0.111. The monoisotopic (exact) mass is 325 g/mol. The zero-order valence-corrected chi connectivity index (χ0v) is 12.8. The average Bonchev–Trinajstić information content (AvgIpc) is 2.72. The Balaban J connectivity index is 2.12. The molecule has 5 heteroatoms. The molecule has 0 atom stereocenters. The third-order valence-corrected chi connectivity index (χ3v) is 3.53. The molecule has 1 N–H and O–H groups in total. The van der Waals surface area contributed by atoms with Crippen LogP contribution in [0.5, 0.6) is 0 Å². The van der Waals surface area contributed by atoms with Gasteiger partial charge in [0.25, 0.3) is 0 Å². The van der Waals surface area contributed by atoms with Crippen molar-refractivity contribution in [1.82, 2.24) is 9.78 Å². The molecule has 2 rings (SSSR count). The van der Waals surface area contributed by atoms with E-state index in [0.29, 0.717) is 16.9 Å². The smallest absolute Gasteiger partial charge is 0.139 e. The van der Waals surface area contributed by atoms with E-state index >= 15 is 0 Å². The molecule has 0 amide bonds. The highest BCUT2D eigenvalue weighted by atomic mass is 79.9. The molecule has 102 valence electrons. The van der Waals surface area contributed by atoms with Gasteiger partial charge in [0.2, 0.25) is 0 Å². The summed E-state index contributed by atoms with van der Waals surface area (Å²) < 4.78 is 15.7. The maximum absolute atomic E-state index is 13.4. The Kier molecular flexibility index (Phi) is 4.24. The van der Waals surface area contributed by atoms with E-state index < -0.39 is 0 Å². The second kappa shape index (κ2) is 5.74. The number of aryl methyl sites for hydroxylation is 1. The minimum atomic E-state index is -0.264. The first-order valence-electron chi connectivity index (χ1n) is 6.18. The van der Waals surface area contributed by atoms with Crippen molar-refractivity contribution in [2.75, 3.05) is 5.32 Å². The SMILES string of the molecule is CC(C)c1nn(C)cc1CNc1ccc(Br)c(F)c1. The van der Waals surface area contributed by atoms with E-state index in [1.165, 1.54) is 6.07 Å². The number of anilines is 1. The Bertz CT molecular complexity index is 578. The molecule has 1 aromatic carbocycles. The molecule has 1 heterocycles. The quantitative estimate of drug-likeness (QED) is 0.918. The van der Waals surface area contributed by atoms with E-state index in [1.54, 1.807) is 6.07 Å². The van der Waals surface area contributed by atoms with Gasteiger partial charge in [0.05, 0.1) is 10.2 Å². The predicted octanol–water partition coefficient (Wildman–Crippen LogP) is 4.06. The standard InChI is InChI=1S/C14H17BrFN3/c1-9(2)14-10(8-19(3)18-14)7-17-11-4-5-12(15)13(16)6-11/h4-6,8-9,17H,7H2,1-3H3. The van der Waals surface area contributed by atoms with Gasteiger partial charge in [-0.1, -0.05) is 13.8 Å². The number of rotatable bonds is 4. The molecule has 0 saturated carbocycles. The van der Waals surface area contributed by atoms with Gasteiger partial charge in [0.1, 0.15) is 5.82 Å². The molecule has 0 aliphatic rings. The van der Waals surface area contributed by atoms with Gasteiger partial charge >= 0.3 is 0 Å². The summed E-state index contributed by atoms with van der Waals surface area (Å²) >= 11 is 3.14. The third-order valence-electron chi connectivity index (χ3n) is 2.89. The Labute approximate surface area is 121 Å². The van der Waals surface area contributed by atoms with E-state index in [0.717, 1.165) is 16.9 Å². The van der Waals surface area contributed by atoms with E-state index in [1.807, 2.05) is 24.0 Å². The molecular weight excluding hydrogens is 309 g/mol. The van der Waals surface area contributed by atoms with Crippen LogP contribution in [-0.2, 0) is 13.6 Å². The molecule has 0 bridgehead atoms. The molecule has 0 spiro atoms. The first-order chi connectivity index (χ1) is 8.97. The summed E-state index contributed by atoms with van der Waals surface area (Å²) in [6.45, 7) is 4.87. The van der Waals surface area contributed by atoms with E-state index in [9.17, 15) is 4.39 Å². The predicted molar refractivity (Wildman–Crippen MR) is 78.7 cm³/mol.